The van der Waals surface area contributed by atoms with Crippen LogP contribution in [-0.2, 0) is 31.0 Å². The molecule has 0 fully saturated rings. The number of carbonyl (C=O) groups excluding carboxylic acids is 1. The van der Waals surface area contributed by atoms with Crippen LogP contribution in [0.1, 0.15) is 38.7 Å². The summed E-state index contributed by atoms with van der Waals surface area (Å²) in [7, 11) is 1.55. The third kappa shape index (κ3) is 5.52. The van der Waals surface area contributed by atoms with E-state index in [1.165, 1.54) is 6.07 Å². The number of pyridine rings is 1. The third-order valence-electron chi connectivity index (χ3n) is 6.09. The number of ether oxygens (including phenoxy) is 1. The molecule has 3 N–H and O–H groups in total. The fourth-order valence-corrected chi connectivity index (χ4v) is 4.15. The monoisotopic (exact) mass is 514 g/mol. The Morgan fingerprint density at radius 3 is 2.61 bits per heavy atom. The molecular weight excluding hydrogens is 487 g/mol. The van der Waals surface area contributed by atoms with E-state index in [1.54, 1.807) is 30.1 Å². The standard InChI is InChI=1S/C27H27FN8O2/c1-17-11-32-35(13-17)14-18-3-5-19(6-4-18)15-36-24(16-38-2)33-26(34-36)27(37)31-12-21-9-20-7-8-30-25(29)22(20)10-23(21)28/h3-11,13H,12,14-16H2,1-2H3,(H2,29,30)(H,31,37). The zero-order chi connectivity index (χ0) is 26.6. The minimum absolute atomic E-state index is 0.0163. The Morgan fingerprint density at radius 1 is 1.13 bits per heavy atom. The SMILES string of the molecule is COCc1nc(C(=O)NCc2cc3ccnc(N)c3cc2F)nn1Cc1ccc(Cn2cc(C)cn2)cc1. The van der Waals surface area contributed by atoms with Gasteiger partial charge in [-0.25, -0.2) is 19.0 Å². The summed E-state index contributed by atoms with van der Waals surface area (Å²) in [6.45, 7) is 3.25. The van der Waals surface area contributed by atoms with Gasteiger partial charge in [-0.1, -0.05) is 24.3 Å². The molecule has 3 aromatic heterocycles. The van der Waals surface area contributed by atoms with E-state index in [0.29, 0.717) is 29.9 Å². The number of carbonyl (C=O) groups is 1. The van der Waals surface area contributed by atoms with Crippen molar-refractivity contribution in [3.05, 3.63) is 101 Å². The van der Waals surface area contributed by atoms with E-state index < -0.39 is 11.7 Å². The molecule has 0 radical (unpaired) electrons. The summed E-state index contributed by atoms with van der Waals surface area (Å²) < 4.78 is 23.4. The van der Waals surface area contributed by atoms with Gasteiger partial charge in [-0.15, -0.1) is 5.10 Å². The number of hydrogen-bond acceptors (Lipinski definition) is 7. The number of amides is 1. The maximum atomic E-state index is 14.6. The van der Waals surface area contributed by atoms with Crippen LogP contribution in [0.5, 0.6) is 0 Å². The molecule has 11 heteroatoms. The van der Waals surface area contributed by atoms with Crippen molar-refractivity contribution < 1.29 is 13.9 Å². The summed E-state index contributed by atoms with van der Waals surface area (Å²) in [6.07, 6.45) is 5.38. The molecular formula is C27H27FN8O2. The molecule has 194 valence electrons. The Hall–Kier alpha value is -4.64. The van der Waals surface area contributed by atoms with Crippen molar-refractivity contribution in [1.29, 1.82) is 0 Å². The number of aromatic nitrogens is 6. The summed E-state index contributed by atoms with van der Waals surface area (Å²) in [6, 6.07) is 12.8. The smallest absolute Gasteiger partial charge is 0.291 e. The van der Waals surface area contributed by atoms with E-state index in [1.807, 2.05) is 48.3 Å². The van der Waals surface area contributed by atoms with Crippen molar-refractivity contribution >= 4 is 22.5 Å². The molecule has 2 aromatic carbocycles. The fraction of sp³-hybridized carbons (Fsp3) is 0.222. The number of methoxy groups -OCH3 is 1. The minimum atomic E-state index is -0.514. The Kier molecular flexibility index (Phi) is 7.09. The summed E-state index contributed by atoms with van der Waals surface area (Å²) >= 11 is 0. The molecule has 0 bridgehead atoms. The quantitative estimate of drug-likeness (QED) is 0.309. The summed E-state index contributed by atoms with van der Waals surface area (Å²) in [4.78, 5) is 21.2. The number of aryl methyl sites for hydroxylation is 1. The molecule has 0 saturated carbocycles. The van der Waals surface area contributed by atoms with Crippen molar-refractivity contribution in [2.24, 2.45) is 0 Å². The second kappa shape index (κ2) is 10.8. The molecule has 0 aliphatic carbocycles. The molecule has 0 saturated heterocycles. The molecule has 0 unspecified atom stereocenters. The molecule has 38 heavy (non-hydrogen) atoms. The lowest BCUT2D eigenvalue weighted by molar-refractivity contribution is 0.0939. The van der Waals surface area contributed by atoms with Gasteiger partial charge in [-0.3, -0.25) is 9.48 Å². The van der Waals surface area contributed by atoms with Gasteiger partial charge in [-0.2, -0.15) is 5.10 Å². The number of hydrogen-bond donors (Lipinski definition) is 2. The van der Waals surface area contributed by atoms with Gasteiger partial charge in [0.15, 0.2) is 5.82 Å². The minimum Gasteiger partial charge on any atom is -0.383 e. The Bertz CT molecular complexity index is 1590. The Morgan fingerprint density at radius 2 is 1.89 bits per heavy atom. The van der Waals surface area contributed by atoms with E-state index >= 15 is 0 Å². The number of nitrogens with two attached hydrogens (primary N) is 1. The van der Waals surface area contributed by atoms with Crippen LogP contribution in [0.3, 0.4) is 0 Å². The first-order chi connectivity index (χ1) is 18.4. The maximum Gasteiger partial charge on any atom is 0.291 e. The Labute approximate surface area is 218 Å². The summed E-state index contributed by atoms with van der Waals surface area (Å²) in [5.41, 5.74) is 9.37. The van der Waals surface area contributed by atoms with Gasteiger partial charge in [0.25, 0.3) is 5.91 Å². The van der Waals surface area contributed by atoms with E-state index in [2.05, 4.69) is 25.5 Å². The molecule has 5 aromatic rings. The van der Waals surface area contributed by atoms with Crippen LogP contribution >= 0.6 is 0 Å². The fourth-order valence-electron chi connectivity index (χ4n) is 4.15. The predicted octanol–water partition coefficient (Wildman–Crippen LogP) is 3.23. The lowest BCUT2D eigenvalue weighted by Crippen LogP contribution is -2.24. The molecule has 5 rings (SSSR count). The molecule has 0 aliphatic heterocycles. The van der Waals surface area contributed by atoms with Crippen LogP contribution in [0.25, 0.3) is 10.8 Å². The summed E-state index contributed by atoms with van der Waals surface area (Å²) in [5.74, 6) is -0.257. The lowest BCUT2D eigenvalue weighted by Gasteiger charge is -2.08. The van der Waals surface area contributed by atoms with Gasteiger partial charge in [0.2, 0.25) is 5.82 Å². The van der Waals surface area contributed by atoms with Crippen molar-refractivity contribution in [1.82, 2.24) is 34.8 Å². The van der Waals surface area contributed by atoms with E-state index in [9.17, 15) is 9.18 Å². The van der Waals surface area contributed by atoms with Gasteiger partial charge in [-0.05, 0) is 47.2 Å². The van der Waals surface area contributed by atoms with Crippen LogP contribution in [0.2, 0.25) is 0 Å². The molecule has 3 heterocycles. The van der Waals surface area contributed by atoms with Crippen molar-refractivity contribution in [3.63, 3.8) is 0 Å². The molecule has 0 spiro atoms. The number of benzene rings is 2. The molecule has 0 aliphatic rings. The number of nitrogens with one attached hydrogen (secondary N) is 1. The number of fused-ring (bicyclic) bond motifs is 1. The van der Waals surface area contributed by atoms with Gasteiger partial charge in [0.05, 0.1) is 19.3 Å². The maximum absolute atomic E-state index is 14.6. The highest BCUT2D eigenvalue weighted by molar-refractivity contribution is 5.92. The van der Waals surface area contributed by atoms with Gasteiger partial charge in [0.1, 0.15) is 18.2 Å². The van der Waals surface area contributed by atoms with Crippen molar-refractivity contribution in [2.75, 3.05) is 12.8 Å². The van der Waals surface area contributed by atoms with Crippen LogP contribution in [-0.4, -0.2) is 42.5 Å². The topological polar surface area (TPSA) is 126 Å². The highest BCUT2D eigenvalue weighted by Gasteiger charge is 2.18. The van der Waals surface area contributed by atoms with Crippen LogP contribution in [0.4, 0.5) is 10.2 Å². The van der Waals surface area contributed by atoms with Gasteiger partial charge in [0, 0.05) is 37.0 Å². The predicted molar refractivity (Wildman–Crippen MR) is 140 cm³/mol. The Balaban J connectivity index is 1.27. The van der Waals surface area contributed by atoms with Crippen molar-refractivity contribution in [2.45, 2.75) is 33.2 Å². The normalized spacial score (nSPS) is 11.2. The summed E-state index contributed by atoms with van der Waals surface area (Å²) in [5, 5.41) is 12.7. The average Bonchev–Trinajstić information content (AvgIpc) is 3.50. The molecule has 1 amide bonds. The first-order valence-electron chi connectivity index (χ1n) is 12.0. The van der Waals surface area contributed by atoms with Gasteiger partial charge < -0.3 is 15.8 Å². The molecule has 10 nitrogen and oxygen atoms in total. The number of nitrogens with zero attached hydrogens (tertiary/aromatic N) is 6. The third-order valence-corrected chi connectivity index (χ3v) is 6.09. The van der Waals surface area contributed by atoms with Crippen LogP contribution in [0, 0.1) is 12.7 Å². The average molecular weight is 515 g/mol. The van der Waals surface area contributed by atoms with E-state index in [4.69, 9.17) is 10.5 Å². The van der Waals surface area contributed by atoms with E-state index in [0.717, 1.165) is 22.1 Å². The largest absolute Gasteiger partial charge is 0.383 e. The zero-order valence-corrected chi connectivity index (χ0v) is 21.1. The number of anilines is 1. The highest BCUT2D eigenvalue weighted by atomic mass is 19.1. The zero-order valence-electron chi connectivity index (χ0n) is 21.1. The first-order valence-corrected chi connectivity index (χ1v) is 12.0. The second-order valence-electron chi connectivity index (χ2n) is 9.02. The van der Waals surface area contributed by atoms with Crippen molar-refractivity contribution in [3.8, 4) is 0 Å². The highest BCUT2D eigenvalue weighted by Crippen LogP contribution is 2.22. The second-order valence-corrected chi connectivity index (χ2v) is 9.02. The lowest BCUT2D eigenvalue weighted by atomic mass is 10.1. The number of rotatable bonds is 9. The van der Waals surface area contributed by atoms with E-state index in [-0.39, 0.29) is 24.8 Å². The first kappa shape index (κ1) is 25.0. The van der Waals surface area contributed by atoms with Crippen LogP contribution < -0.4 is 11.1 Å². The molecule has 0 atom stereocenters. The van der Waals surface area contributed by atoms with Crippen LogP contribution in [0.15, 0.2) is 61.1 Å². The number of nitrogen functional groups attached to an aromatic ring is 1. The number of halogens is 1. The van der Waals surface area contributed by atoms with Gasteiger partial charge >= 0.3 is 0 Å².